The highest BCUT2D eigenvalue weighted by atomic mass is 16.1. The molecule has 0 spiro atoms. The normalized spacial score (nSPS) is 19.5. The fourth-order valence-electron chi connectivity index (χ4n) is 3.70. The van der Waals surface area contributed by atoms with Crippen molar-refractivity contribution in [2.24, 2.45) is 0 Å². The van der Waals surface area contributed by atoms with Crippen molar-refractivity contribution in [3.8, 4) is 0 Å². The van der Waals surface area contributed by atoms with Crippen molar-refractivity contribution < 1.29 is 4.79 Å². The highest BCUT2D eigenvalue weighted by Gasteiger charge is 2.20. The molecule has 1 aromatic carbocycles. The molecule has 2 heteroatoms. The van der Waals surface area contributed by atoms with Crippen LogP contribution in [0.5, 0.6) is 0 Å². The molecule has 102 valence electrons. The standard InChI is InChI=1S/C18H19NO/c20-17-8-4-7-14-15-11-13(12-5-2-1-3-6-12)9-10-16(15)19-18(14)17/h4,7,9-12,19H,1-3,5-6,8H2. The number of rotatable bonds is 1. The summed E-state index contributed by atoms with van der Waals surface area (Å²) >= 11 is 0. The molecule has 2 aliphatic carbocycles. The number of Topliss-reactive ketones (excluding diaryl/α,β-unsaturated/α-hetero) is 1. The average Bonchev–Trinajstić information content (AvgIpc) is 2.88. The van der Waals surface area contributed by atoms with Crippen LogP contribution in [0.1, 0.15) is 66.1 Å². The highest BCUT2D eigenvalue weighted by Crippen LogP contribution is 2.36. The Morgan fingerprint density at radius 3 is 2.80 bits per heavy atom. The van der Waals surface area contributed by atoms with Crippen LogP contribution in [0.3, 0.4) is 0 Å². The SMILES string of the molecule is O=C1CC=Cc2c1[nH]c1ccc(C3CCCCC3)cc21. The van der Waals surface area contributed by atoms with E-state index < -0.39 is 0 Å². The van der Waals surface area contributed by atoms with E-state index in [0.29, 0.717) is 12.3 Å². The van der Waals surface area contributed by atoms with Gasteiger partial charge in [0.15, 0.2) is 5.78 Å². The molecule has 2 aliphatic rings. The number of carbonyl (C=O) groups excluding carboxylic acids is 1. The van der Waals surface area contributed by atoms with Gasteiger partial charge in [0.05, 0.1) is 5.69 Å². The van der Waals surface area contributed by atoms with Crippen molar-refractivity contribution in [1.29, 1.82) is 0 Å². The van der Waals surface area contributed by atoms with Gasteiger partial charge in [0.25, 0.3) is 0 Å². The average molecular weight is 265 g/mol. The molecule has 0 bridgehead atoms. The summed E-state index contributed by atoms with van der Waals surface area (Å²) in [7, 11) is 0. The maximum absolute atomic E-state index is 12.0. The number of hydrogen-bond donors (Lipinski definition) is 1. The summed E-state index contributed by atoms with van der Waals surface area (Å²) in [5.41, 5.74) is 4.43. The third-order valence-corrected chi connectivity index (χ3v) is 4.81. The van der Waals surface area contributed by atoms with E-state index in [2.05, 4.69) is 29.3 Å². The highest BCUT2D eigenvalue weighted by molar-refractivity contribution is 6.08. The Morgan fingerprint density at radius 2 is 1.95 bits per heavy atom. The first-order chi connectivity index (χ1) is 9.83. The Balaban J connectivity index is 1.83. The van der Waals surface area contributed by atoms with Gasteiger partial charge >= 0.3 is 0 Å². The van der Waals surface area contributed by atoms with Gasteiger partial charge in [-0.3, -0.25) is 4.79 Å². The molecular formula is C18H19NO. The Labute approximate surface area is 118 Å². The van der Waals surface area contributed by atoms with Crippen molar-refractivity contribution in [3.05, 3.63) is 41.1 Å². The molecule has 2 aromatic rings. The van der Waals surface area contributed by atoms with Gasteiger partial charge in [-0.1, -0.05) is 37.5 Å². The van der Waals surface area contributed by atoms with Gasteiger partial charge in [0.2, 0.25) is 0 Å². The molecule has 0 radical (unpaired) electrons. The predicted octanol–water partition coefficient (Wildman–Crippen LogP) is 4.82. The summed E-state index contributed by atoms with van der Waals surface area (Å²) in [6.07, 6.45) is 11.3. The zero-order valence-corrected chi connectivity index (χ0v) is 11.6. The number of benzene rings is 1. The van der Waals surface area contributed by atoms with Gasteiger partial charge in [-0.15, -0.1) is 0 Å². The lowest BCUT2D eigenvalue weighted by molar-refractivity contribution is 0.0990. The molecule has 2 nitrogen and oxygen atoms in total. The number of ketones is 1. The second-order valence-electron chi connectivity index (χ2n) is 6.08. The number of carbonyl (C=O) groups is 1. The zero-order chi connectivity index (χ0) is 13.5. The van der Waals surface area contributed by atoms with E-state index in [1.807, 2.05) is 6.08 Å². The number of aromatic amines is 1. The molecule has 1 N–H and O–H groups in total. The molecule has 20 heavy (non-hydrogen) atoms. The number of nitrogens with one attached hydrogen (secondary N) is 1. The molecule has 4 rings (SSSR count). The third-order valence-electron chi connectivity index (χ3n) is 4.81. The summed E-state index contributed by atoms with van der Waals surface area (Å²) in [5, 5.41) is 1.22. The molecule has 1 fully saturated rings. The van der Waals surface area contributed by atoms with Crippen LogP contribution in [0.25, 0.3) is 17.0 Å². The van der Waals surface area contributed by atoms with Crippen LogP contribution >= 0.6 is 0 Å². The monoisotopic (exact) mass is 265 g/mol. The summed E-state index contributed by atoms with van der Waals surface area (Å²) in [5.74, 6) is 0.917. The summed E-state index contributed by atoms with van der Waals surface area (Å²) in [4.78, 5) is 15.3. The predicted molar refractivity (Wildman–Crippen MR) is 82.1 cm³/mol. The molecule has 0 atom stereocenters. The van der Waals surface area contributed by atoms with Gasteiger partial charge < -0.3 is 4.98 Å². The van der Waals surface area contributed by atoms with Crippen molar-refractivity contribution in [3.63, 3.8) is 0 Å². The van der Waals surface area contributed by atoms with Crippen LogP contribution in [-0.2, 0) is 0 Å². The van der Waals surface area contributed by atoms with E-state index in [0.717, 1.165) is 16.8 Å². The van der Waals surface area contributed by atoms with Gasteiger partial charge in [0.1, 0.15) is 0 Å². The summed E-state index contributed by atoms with van der Waals surface area (Å²) < 4.78 is 0. The van der Waals surface area contributed by atoms with Crippen LogP contribution < -0.4 is 0 Å². The number of aromatic nitrogens is 1. The first kappa shape index (κ1) is 12.0. The van der Waals surface area contributed by atoms with Gasteiger partial charge in [-0.25, -0.2) is 0 Å². The van der Waals surface area contributed by atoms with E-state index in [4.69, 9.17) is 0 Å². The Hall–Kier alpha value is -1.83. The Kier molecular flexibility index (Phi) is 2.76. The van der Waals surface area contributed by atoms with E-state index >= 15 is 0 Å². The lowest BCUT2D eigenvalue weighted by Crippen LogP contribution is -2.04. The molecule has 1 heterocycles. The van der Waals surface area contributed by atoms with E-state index in [1.165, 1.54) is 43.1 Å². The lowest BCUT2D eigenvalue weighted by atomic mass is 9.83. The molecule has 0 aliphatic heterocycles. The van der Waals surface area contributed by atoms with Crippen LogP contribution in [0, 0.1) is 0 Å². The van der Waals surface area contributed by atoms with E-state index in [9.17, 15) is 4.79 Å². The third kappa shape index (κ3) is 1.82. The topological polar surface area (TPSA) is 32.9 Å². The van der Waals surface area contributed by atoms with E-state index in [-0.39, 0.29) is 5.78 Å². The van der Waals surface area contributed by atoms with Crippen molar-refractivity contribution in [2.45, 2.75) is 44.4 Å². The molecule has 0 amide bonds. The molecule has 0 saturated heterocycles. The van der Waals surface area contributed by atoms with Crippen LogP contribution in [0.15, 0.2) is 24.3 Å². The van der Waals surface area contributed by atoms with Crippen LogP contribution in [-0.4, -0.2) is 10.8 Å². The Bertz CT molecular complexity index is 702. The summed E-state index contributed by atoms with van der Waals surface area (Å²) in [6, 6.07) is 6.71. The maximum atomic E-state index is 12.0. The number of hydrogen-bond acceptors (Lipinski definition) is 1. The van der Waals surface area contributed by atoms with Crippen molar-refractivity contribution in [1.82, 2.24) is 4.98 Å². The lowest BCUT2D eigenvalue weighted by Gasteiger charge is -2.22. The number of allylic oxidation sites excluding steroid dienone is 1. The zero-order valence-electron chi connectivity index (χ0n) is 11.6. The van der Waals surface area contributed by atoms with Gasteiger partial charge in [-0.05, 0) is 36.5 Å². The van der Waals surface area contributed by atoms with E-state index in [1.54, 1.807) is 0 Å². The second-order valence-corrected chi connectivity index (χ2v) is 6.08. The van der Waals surface area contributed by atoms with Crippen LogP contribution in [0.2, 0.25) is 0 Å². The van der Waals surface area contributed by atoms with Gasteiger partial charge in [-0.2, -0.15) is 0 Å². The molecule has 1 aromatic heterocycles. The molecule has 1 saturated carbocycles. The molecule has 0 unspecified atom stereocenters. The minimum absolute atomic E-state index is 0.206. The molecular weight excluding hydrogens is 246 g/mol. The summed E-state index contributed by atoms with van der Waals surface area (Å²) in [6.45, 7) is 0. The first-order valence-electron chi connectivity index (χ1n) is 7.68. The maximum Gasteiger partial charge on any atom is 0.183 e. The van der Waals surface area contributed by atoms with Gasteiger partial charge in [0, 0.05) is 22.9 Å². The second kappa shape index (κ2) is 4.62. The van der Waals surface area contributed by atoms with Crippen LogP contribution in [0.4, 0.5) is 0 Å². The minimum Gasteiger partial charge on any atom is -0.352 e. The Morgan fingerprint density at radius 1 is 1.10 bits per heavy atom. The minimum atomic E-state index is 0.206. The fourth-order valence-corrected chi connectivity index (χ4v) is 3.70. The van der Waals surface area contributed by atoms with Crippen molar-refractivity contribution >= 4 is 22.8 Å². The fraction of sp³-hybridized carbons (Fsp3) is 0.389. The largest absolute Gasteiger partial charge is 0.352 e. The smallest absolute Gasteiger partial charge is 0.183 e. The van der Waals surface area contributed by atoms with Crippen molar-refractivity contribution in [2.75, 3.05) is 0 Å². The number of fused-ring (bicyclic) bond motifs is 3. The quantitative estimate of drug-likeness (QED) is 0.788. The first-order valence-corrected chi connectivity index (χ1v) is 7.68. The number of H-pyrrole nitrogens is 1.